The van der Waals surface area contributed by atoms with Crippen molar-refractivity contribution in [3.8, 4) is 0 Å². The molecule has 2 atom stereocenters. The monoisotopic (exact) mass is 315 g/mol. The third-order valence-corrected chi connectivity index (χ3v) is 4.35. The van der Waals surface area contributed by atoms with Gasteiger partial charge in [-0.2, -0.15) is 5.10 Å². The molecule has 5 heteroatoms. The lowest BCUT2D eigenvalue weighted by atomic mass is 9.97. The summed E-state index contributed by atoms with van der Waals surface area (Å²) >= 11 is 3.51. The van der Waals surface area contributed by atoms with Crippen LogP contribution in [0.25, 0.3) is 0 Å². The first-order valence-electron chi connectivity index (χ1n) is 6.54. The van der Waals surface area contributed by atoms with Crippen molar-refractivity contribution < 1.29 is 5.11 Å². The number of rotatable bonds is 6. The van der Waals surface area contributed by atoms with Crippen LogP contribution in [-0.4, -0.2) is 40.4 Å². The highest BCUT2D eigenvalue weighted by atomic mass is 79.9. The van der Waals surface area contributed by atoms with E-state index >= 15 is 0 Å². The SMILES string of the molecule is CC(C1CC1)C(O)c1c(Br)cnn1CCN(C)C. The van der Waals surface area contributed by atoms with Crippen LogP contribution in [0.15, 0.2) is 10.7 Å². The van der Waals surface area contributed by atoms with E-state index < -0.39 is 6.10 Å². The van der Waals surface area contributed by atoms with Crippen molar-refractivity contribution in [1.82, 2.24) is 14.7 Å². The number of halogens is 1. The van der Waals surface area contributed by atoms with E-state index in [9.17, 15) is 5.11 Å². The van der Waals surface area contributed by atoms with Crippen LogP contribution in [0.2, 0.25) is 0 Å². The summed E-state index contributed by atoms with van der Waals surface area (Å²) in [4.78, 5) is 2.12. The highest BCUT2D eigenvalue weighted by Gasteiger charge is 2.35. The third kappa shape index (κ3) is 3.13. The van der Waals surface area contributed by atoms with E-state index in [4.69, 9.17) is 0 Å². The molecule has 1 aliphatic rings. The standard InChI is InChI=1S/C13H22BrN3O/c1-9(10-4-5-10)13(18)12-11(14)8-15-17(12)7-6-16(2)3/h8-10,13,18H,4-7H2,1-3H3. The summed E-state index contributed by atoms with van der Waals surface area (Å²) in [6, 6.07) is 0. The van der Waals surface area contributed by atoms with Gasteiger partial charge < -0.3 is 10.0 Å². The van der Waals surface area contributed by atoms with Crippen LogP contribution < -0.4 is 0 Å². The van der Waals surface area contributed by atoms with Crippen LogP contribution in [-0.2, 0) is 6.54 Å². The Kier molecular flexibility index (Phi) is 4.45. The molecule has 1 N–H and O–H groups in total. The largest absolute Gasteiger partial charge is 0.386 e. The Morgan fingerprint density at radius 2 is 2.22 bits per heavy atom. The van der Waals surface area contributed by atoms with Gasteiger partial charge in [0, 0.05) is 6.54 Å². The van der Waals surface area contributed by atoms with Crippen LogP contribution >= 0.6 is 15.9 Å². The number of aliphatic hydroxyl groups is 1. The normalized spacial score (nSPS) is 19.2. The summed E-state index contributed by atoms with van der Waals surface area (Å²) in [6.07, 6.45) is 3.87. The van der Waals surface area contributed by atoms with E-state index in [2.05, 4.69) is 32.9 Å². The number of hydrogen-bond donors (Lipinski definition) is 1. The minimum absolute atomic E-state index is 0.316. The molecule has 0 aliphatic heterocycles. The Bertz CT molecular complexity index is 401. The molecule has 0 amide bonds. The Morgan fingerprint density at radius 3 is 2.78 bits per heavy atom. The maximum Gasteiger partial charge on any atom is 0.0996 e. The lowest BCUT2D eigenvalue weighted by molar-refractivity contribution is 0.0952. The quantitative estimate of drug-likeness (QED) is 0.875. The molecule has 0 aromatic carbocycles. The Hall–Kier alpha value is -0.390. The van der Waals surface area contributed by atoms with Gasteiger partial charge in [0.25, 0.3) is 0 Å². The summed E-state index contributed by atoms with van der Waals surface area (Å²) in [5.41, 5.74) is 0.927. The van der Waals surface area contributed by atoms with Gasteiger partial charge in [-0.05, 0) is 54.7 Å². The first kappa shape index (κ1) is 14.0. The van der Waals surface area contributed by atoms with Gasteiger partial charge in [0.05, 0.1) is 29.0 Å². The molecule has 2 rings (SSSR count). The molecular weight excluding hydrogens is 294 g/mol. The molecule has 4 nitrogen and oxygen atoms in total. The van der Waals surface area contributed by atoms with Gasteiger partial charge in [-0.15, -0.1) is 0 Å². The van der Waals surface area contributed by atoms with Crippen molar-refractivity contribution in [2.45, 2.75) is 32.4 Å². The van der Waals surface area contributed by atoms with Gasteiger partial charge in [-0.25, -0.2) is 0 Å². The summed E-state index contributed by atoms with van der Waals surface area (Å²) in [5, 5.41) is 14.9. The molecule has 18 heavy (non-hydrogen) atoms. The maximum absolute atomic E-state index is 10.5. The molecule has 1 fully saturated rings. The molecule has 1 heterocycles. The predicted octanol–water partition coefficient (Wildman–Crippen LogP) is 2.29. The Balaban J connectivity index is 2.11. The van der Waals surface area contributed by atoms with Gasteiger partial charge in [-0.3, -0.25) is 4.68 Å². The second-order valence-electron chi connectivity index (χ2n) is 5.55. The van der Waals surface area contributed by atoms with E-state index in [1.54, 1.807) is 6.20 Å². The van der Waals surface area contributed by atoms with Gasteiger partial charge in [0.2, 0.25) is 0 Å². The molecule has 1 aliphatic carbocycles. The lowest BCUT2D eigenvalue weighted by Crippen LogP contribution is -2.23. The van der Waals surface area contributed by atoms with Gasteiger partial charge in [0.1, 0.15) is 0 Å². The fourth-order valence-corrected chi connectivity index (χ4v) is 2.80. The number of aliphatic hydroxyl groups excluding tert-OH is 1. The van der Waals surface area contributed by atoms with Crippen LogP contribution in [0.3, 0.4) is 0 Å². The number of likely N-dealkylation sites (N-methyl/N-ethyl adjacent to an activating group) is 1. The van der Waals surface area contributed by atoms with Crippen molar-refractivity contribution in [3.05, 3.63) is 16.4 Å². The van der Waals surface area contributed by atoms with Crippen molar-refractivity contribution in [2.24, 2.45) is 11.8 Å². The van der Waals surface area contributed by atoms with Crippen LogP contribution in [0, 0.1) is 11.8 Å². The molecule has 2 unspecified atom stereocenters. The Labute approximate surface area is 117 Å². The highest BCUT2D eigenvalue weighted by molar-refractivity contribution is 9.10. The maximum atomic E-state index is 10.5. The fraction of sp³-hybridized carbons (Fsp3) is 0.769. The van der Waals surface area contributed by atoms with Crippen molar-refractivity contribution in [3.63, 3.8) is 0 Å². The van der Waals surface area contributed by atoms with Gasteiger partial charge in [-0.1, -0.05) is 6.92 Å². The van der Waals surface area contributed by atoms with Crippen LogP contribution in [0.1, 0.15) is 31.6 Å². The predicted molar refractivity (Wildman–Crippen MR) is 75.3 cm³/mol. The van der Waals surface area contributed by atoms with Gasteiger partial charge in [0.15, 0.2) is 0 Å². The van der Waals surface area contributed by atoms with Gasteiger partial charge >= 0.3 is 0 Å². The molecule has 0 bridgehead atoms. The molecule has 1 saturated carbocycles. The summed E-state index contributed by atoms with van der Waals surface area (Å²) < 4.78 is 2.84. The van der Waals surface area contributed by atoms with Crippen molar-refractivity contribution in [2.75, 3.05) is 20.6 Å². The number of hydrogen-bond acceptors (Lipinski definition) is 3. The zero-order chi connectivity index (χ0) is 13.3. The van der Waals surface area contributed by atoms with Crippen LogP contribution in [0.5, 0.6) is 0 Å². The number of nitrogens with zero attached hydrogens (tertiary/aromatic N) is 3. The molecule has 0 radical (unpaired) electrons. The second kappa shape index (κ2) is 5.72. The van der Waals surface area contributed by atoms with E-state index in [-0.39, 0.29) is 0 Å². The van der Waals surface area contributed by atoms with E-state index in [1.807, 2.05) is 18.8 Å². The first-order chi connectivity index (χ1) is 8.50. The average molecular weight is 316 g/mol. The highest BCUT2D eigenvalue weighted by Crippen LogP contribution is 2.43. The minimum atomic E-state index is -0.420. The summed E-state index contributed by atoms with van der Waals surface area (Å²) in [6.45, 7) is 3.87. The first-order valence-corrected chi connectivity index (χ1v) is 7.34. The van der Waals surface area contributed by atoms with Crippen molar-refractivity contribution in [1.29, 1.82) is 0 Å². The molecule has 1 aromatic rings. The average Bonchev–Trinajstić information content (AvgIpc) is 3.09. The molecule has 0 spiro atoms. The molecular formula is C13H22BrN3O. The number of aromatic nitrogens is 2. The lowest BCUT2D eigenvalue weighted by Gasteiger charge is -2.21. The second-order valence-corrected chi connectivity index (χ2v) is 6.40. The zero-order valence-electron chi connectivity index (χ0n) is 11.3. The minimum Gasteiger partial charge on any atom is -0.386 e. The van der Waals surface area contributed by atoms with E-state index in [0.29, 0.717) is 11.8 Å². The Morgan fingerprint density at radius 1 is 1.56 bits per heavy atom. The molecule has 1 aromatic heterocycles. The van der Waals surface area contributed by atoms with E-state index in [1.165, 1.54) is 12.8 Å². The van der Waals surface area contributed by atoms with E-state index in [0.717, 1.165) is 23.3 Å². The summed E-state index contributed by atoms with van der Waals surface area (Å²) in [5.74, 6) is 1.00. The zero-order valence-corrected chi connectivity index (χ0v) is 12.9. The third-order valence-electron chi connectivity index (χ3n) is 3.74. The summed E-state index contributed by atoms with van der Waals surface area (Å²) in [7, 11) is 4.09. The fourth-order valence-electron chi connectivity index (χ4n) is 2.27. The van der Waals surface area contributed by atoms with Crippen LogP contribution in [0.4, 0.5) is 0 Å². The molecule has 102 valence electrons. The smallest absolute Gasteiger partial charge is 0.0996 e. The molecule has 0 saturated heterocycles. The topological polar surface area (TPSA) is 41.3 Å². The van der Waals surface area contributed by atoms with Crippen molar-refractivity contribution >= 4 is 15.9 Å².